The SMILES string of the molecule is N.Nc1nccs1. The van der Waals surface area contributed by atoms with E-state index in [9.17, 15) is 0 Å². The number of nitrogens with two attached hydrogens (primary N) is 1. The van der Waals surface area contributed by atoms with Gasteiger partial charge in [0.05, 0.1) is 0 Å². The second kappa shape index (κ2) is 2.54. The molecule has 4 heteroatoms. The maximum atomic E-state index is 5.19. The third-order valence-electron chi connectivity index (χ3n) is 0.451. The predicted octanol–water partition coefficient (Wildman–Crippen LogP) is 0.887. The van der Waals surface area contributed by atoms with Gasteiger partial charge in [0, 0.05) is 11.6 Å². The molecule has 0 radical (unpaired) electrons. The van der Waals surface area contributed by atoms with Gasteiger partial charge >= 0.3 is 0 Å². The minimum Gasteiger partial charge on any atom is -0.375 e. The maximum absolute atomic E-state index is 5.19. The van der Waals surface area contributed by atoms with E-state index < -0.39 is 0 Å². The van der Waals surface area contributed by atoms with Crippen LogP contribution in [0, 0.1) is 0 Å². The first kappa shape index (κ1) is 6.39. The van der Waals surface area contributed by atoms with E-state index >= 15 is 0 Å². The largest absolute Gasteiger partial charge is 0.375 e. The Labute approximate surface area is 45.8 Å². The quantitative estimate of drug-likeness (QED) is 0.530. The molecule has 0 fully saturated rings. The summed E-state index contributed by atoms with van der Waals surface area (Å²) in [6.07, 6.45) is 1.68. The van der Waals surface area contributed by atoms with Crippen LogP contribution in [0.2, 0.25) is 0 Å². The minimum absolute atomic E-state index is 0. The summed E-state index contributed by atoms with van der Waals surface area (Å²) in [5.74, 6) is 0. The number of anilines is 1. The number of hydrogen-bond donors (Lipinski definition) is 2. The number of hydrogen-bond acceptors (Lipinski definition) is 4. The molecule has 0 saturated carbocycles. The van der Waals surface area contributed by atoms with E-state index in [2.05, 4.69) is 4.98 Å². The summed E-state index contributed by atoms with van der Waals surface area (Å²) >= 11 is 1.44. The van der Waals surface area contributed by atoms with Crippen LogP contribution in [0.1, 0.15) is 0 Å². The first-order chi connectivity index (χ1) is 2.89. The highest BCUT2D eigenvalue weighted by Crippen LogP contribution is 2.02. The number of nitrogen functional groups attached to an aromatic ring is 1. The van der Waals surface area contributed by atoms with E-state index in [1.165, 1.54) is 11.3 Å². The summed E-state index contributed by atoms with van der Waals surface area (Å²) in [5.41, 5.74) is 5.19. The number of aromatic nitrogens is 1. The van der Waals surface area contributed by atoms with Crippen molar-refractivity contribution in [2.75, 3.05) is 5.73 Å². The monoisotopic (exact) mass is 117 g/mol. The standard InChI is InChI=1S/C3H4N2S.H3N/c4-3-5-1-2-6-3;/h1-2H,(H2,4,5);1H3. The molecule has 0 bridgehead atoms. The van der Waals surface area contributed by atoms with Crippen LogP contribution < -0.4 is 11.9 Å². The van der Waals surface area contributed by atoms with Crippen molar-refractivity contribution in [3.05, 3.63) is 11.6 Å². The van der Waals surface area contributed by atoms with Crippen molar-refractivity contribution in [1.82, 2.24) is 11.1 Å². The molecule has 0 unspecified atom stereocenters. The van der Waals surface area contributed by atoms with Gasteiger partial charge in [-0.1, -0.05) is 0 Å². The minimum atomic E-state index is 0. The Bertz CT molecular complexity index is 114. The molecule has 0 amide bonds. The molecule has 3 nitrogen and oxygen atoms in total. The van der Waals surface area contributed by atoms with Gasteiger partial charge in [0.15, 0.2) is 5.13 Å². The summed E-state index contributed by atoms with van der Waals surface area (Å²) in [4.78, 5) is 3.71. The Kier molecular flexibility index (Phi) is 2.32. The van der Waals surface area contributed by atoms with Crippen LogP contribution in [0.3, 0.4) is 0 Å². The molecule has 1 heterocycles. The number of thiazole rings is 1. The average molecular weight is 117 g/mol. The number of rotatable bonds is 0. The highest BCUT2D eigenvalue weighted by molar-refractivity contribution is 7.13. The molecule has 0 saturated heterocycles. The van der Waals surface area contributed by atoms with Gasteiger partial charge in [-0.3, -0.25) is 0 Å². The zero-order valence-corrected chi connectivity index (χ0v) is 4.61. The van der Waals surface area contributed by atoms with Crippen LogP contribution in [0.5, 0.6) is 0 Å². The zero-order chi connectivity index (χ0) is 4.41. The van der Waals surface area contributed by atoms with Crippen molar-refractivity contribution >= 4 is 16.5 Å². The Morgan fingerprint density at radius 2 is 2.43 bits per heavy atom. The lowest BCUT2D eigenvalue weighted by atomic mass is 11.0. The number of nitrogens with zero attached hydrogens (tertiary/aromatic N) is 1. The van der Waals surface area contributed by atoms with E-state index in [-0.39, 0.29) is 6.15 Å². The van der Waals surface area contributed by atoms with E-state index in [1.807, 2.05) is 5.38 Å². The Balaban J connectivity index is 0.000000360. The van der Waals surface area contributed by atoms with Crippen molar-refractivity contribution in [3.63, 3.8) is 0 Å². The topological polar surface area (TPSA) is 73.9 Å². The summed E-state index contributed by atoms with van der Waals surface area (Å²) in [6.45, 7) is 0. The third-order valence-corrected chi connectivity index (χ3v) is 1.06. The van der Waals surface area contributed by atoms with Crippen molar-refractivity contribution < 1.29 is 0 Å². The molecule has 0 aliphatic heterocycles. The summed E-state index contributed by atoms with van der Waals surface area (Å²) in [6, 6.07) is 0. The Hall–Kier alpha value is -0.610. The van der Waals surface area contributed by atoms with E-state index in [0.717, 1.165) is 0 Å². The van der Waals surface area contributed by atoms with Gasteiger partial charge in [-0.05, 0) is 0 Å². The molecule has 0 atom stereocenters. The fourth-order valence-corrected chi connectivity index (χ4v) is 0.617. The molecule has 5 N–H and O–H groups in total. The first-order valence-corrected chi connectivity index (χ1v) is 2.42. The van der Waals surface area contributed by atoms with Gasteiger partial charge < -0.3 is 11.9 Å². The fraction of sp³-hybridized carbons (Fsp3) is 0. The molecular weight excluding hydrogens is 110 g/mol. The van der Waals surface area contributed by atoms with Crippen molar-refractivity contribution in [1.29, 1.82) is 0 Å². The van der Waals surface area contributed by atoms with E-state index in [1.54, 1.807) is 6.20 Å². The predicted molar refractivity (Wildman–Crippen MR) is 31.5 cm³/mol. The molecule has 40 valence electrons. The molecule has 7 heavy (non-hydrogen) atoms. The Morgan fingerprint density at radius 1 is 1.71 bits per heavy atom. The van der Waals surface area contributed by atoms with Crippen LogP contribution in [-0.4, -0.2) is 4.98 Å². The van der Waals surface area contributed by atoms with Gasteiger partial charge in [0.2, 0.25) is 0 Å². The molecule has 0 aliphatic rings. The third kappa shape index (κ3) is 1.52. The zero-order valence-electron chi connectivity index (χ0n) is 3.79. The lowest BCUT2D eigenvalue weighted by Crippen LogP contribution is -1.77. The molecule has 1 rings (SSSR count). The summed E-state index contributed by atoms with van der Waals surface area (Å²) in [5, 5.41) is 2.48. The maximum Gasteiger partial charge on any atom is 0.179 e. The van der Waals surface area contributed by atoms with Crippen LogP contribution in [0.15, 0.2) is 11.6 Å². The lowest BCUT2D eigenvalue weighted by Gasteiger charge is -1.67. The summed E-state index contributed by atoms with van der Waals surface area (Å²) < 4.78 is 0. The van der Waals surface area contributed by atoms with Gasteiger partial charge in [-0.25, -0.2) is 4.98 Å². The summed E-state index contributed by atoms with van der Waals surface area (Å²) in [7, 11) is 0. The molecule has 0 aromatic carbocycles. The van der Waals surface area contributed by atoms with Crippen molar-refractivity contribution in [2.45, 2.75) is 0 Å². The van der Waals surface area contributed by atoms with Crippen LogP contribution >= 0.6 is 11.3 Å². The molecule has 0 spiro atoms. The van der Waals surface area contributed by atoms with Crippen molar-refractivity contribution in [2.24, 2.45) is 0 Å². The van der Waals surface area contributed by atoms with Gasteiger partial charge in [-0.15, -0.1) is 11.3 Å². The van der Waals surface area contributed by atoms with E-state index in [0.29, 0.717) is 5.13 Å². The normalized spacial score (nSPS) is 7.43. The van der Waals surface area contributed by atoms with Gasteiger partial charge in [-0.2, -0.15) is 0 Å². The molecule has 1 aromatic heterocycles. The molecular formula is C3H7N3S. The smallest absolute Gasteiger partial charge is 0.179 e. The highest BCUT2D eigenvalue weighted by Gasteiger charge is 1.76. The van der Waals surface area contributed by atoms with Gasteiger partial charge in [0.25, 0.3) is 0 Å². The van der Waals surface area contributed by atoms with Gasteiger partial charge in [0.1, 0.15) is 0 Å². The van der Waals surface area contributed by atoms with Crippen LogP contribution in [0.25, 0.3) is 0 Å². The molecule has 1 aromatic rings. The van der Waals surface area contributed by atoms with Crippen molar-refractivity contribution in [3.8, 4) is 0 Å². The molecule has 0 aliphatic carbocycles. The second-order valence-electron chi connectivity index (χ2n) is 0.870. The van der Waals surface area contributed by atoms with Crippen LogP contribution in [0.4, 0.5) is 5.13 Å². The first-order valence-electron chi connectivity index (χ1n) is 1.54. The second-order valence-corrected chi connectivity index (χ2v) is 1.80. The fourth-order valence-electron chi connectivity index (χ4n) is 0.234. The highest BCUT2D eigenvalue weighted by atomic mass is 32.1. The van der Waals surface area contributed by atoms with Crippen LogP contribution in [-0.2, 0) is 0 Å². The average Bonchev–Trinajstić information content (AvgIpc) is 1.86. The van der Waals surface area contributed by atoms with E-state index in [4.69, 9.17) is 5.73 Å². The lowest BCUT2D eigenvalue weighted by molar-refractivity contribution is 1.43. The Morgan fingerprint density at radius 3 is 2.57 bits per heavy atom.